The Labute approximate surface area is 195 Å². The number of rotatable bonds is 10. The molecule has 32 heavy (non-hydrogen) atoms. The Hall–Kier alpha value is -2.42. The van der Waals surface area contributed by atoms with Crippen LogP contribution < -0.4 is 10.6 Å². The molecule has 0 bridgehead atoms. The topological polar surface area (TPSA) is 108 Å². The minimum atomic E-state index is -1.02. The summed E-state index contributed by atoms with van der Waals surface area (Å²) in [5.41, 5.74) is -0.376. The lowest BCUT2D eigenvalue weighted by Crippen LogP contribution is -2.54. The molecule has 0 aliphatic heterocycles. The van der Waals surface area contributed by atoms with E-state index in [0.717, 1.165) is 25.7 Å². The molecule has 0 spiro atoms. The van der Waals surface area contributed by atoms with Crippen molar-refractivity contribution in [1.29, 1.82) is 0 Å². The number of thiol groups is 1. The van der Waals surface area contributed by atoms with E-state index >= 15 is 0 Å². The van der Waals surface area contributed by atoms with Crippen molar-refractivity contribution in [3.63, 3.8) is 0 Å². The summed E-state index contributed by atoms with van der Waals surface area (Å²) in [5, 5.41) is 15.9. The Balaban J connectivity index is 2.34. The quantitative estimate of drug-likeness (QED) is 0.314. The number of para-hydroxylation sites is 1. The molecule has 2 atom stereocenters. The van der Waals surface area contributed by atoms with Crippen LogP contribution >= 0.6 is 12.6 Å². The van der Waals surface area contributed by atoms with Gasteiger partial charge in [0.2, 0.25) is 11.8 Å². The van der Waals surface area contributed by atoms with Gasteiger partial charge in [-0.25, -0.2) is 4.79 Å². The highest BCUT2D eigenvalue weighted by Crippen LogP contribution is 2.38. The number of nitrogens with zero attached hydrogens (tertiary/aromatic N) is 1. The monoisotopic (exact) mass is 465 g/mol. The number of carbonyl (C=O) groups is 3. The zero-order valence-electron chi connectivity index (χ0n) is 19.3. The molecule has 1 saturated carbocycles. The van der Waals surface area contributed by atoms with Gasteiger partial charge >= 0.3 is 6.09 Å². The molecule has 3 amide bonds. The van der Waals surface area contributed by atoms with E-state index in [9.17, 15) is 19.5 Å². The van der Waals surface area contributed by atoms with Gasteiger partial charge in [-0.15, -0.1) is 0 Å². The molecule has 178 valence electrons. The fraction of sp³-hybridized carbons (Fsp3) is 0.609. The summed E-state index contributed by atoms with van der Waals surface area (Å²) in [7, 11) is 0. The lowest BCUT2D eigenvalue weighted by molar-refractivity contribution is -0.142. The molecule has 1 aromatic rings. The molecule has 1 aliphatic rings. The Bertz CT molecular complexity index is 807. The third-order valence-electron chi connectivity index (χ3n) is 4.95. The highest BCUT2D eigenvalue weighted by molar-refractivity contribution is 7.80. The maximum atomic E-state index is 13.6. The minimum Gasteiger partial charge on any atom is -0.508 e. The summed E-state index contributed by atoms with van der Waals surface area (Å²) < 4.78 is 5.28. The average Bonchev–Trinajstić information content (AvgIpc) is 3.54. The van der Waals surface area contributed by atoms with E-state index in [0.29, 0.717) is 12.1 Å². The first-order chi connectivity index (χ1) is 15.1. The van der Waals surface area contributed by atoms with Crippen LogP contribution in [0.3, 0.4) is 0 Å². The Morgan fingerprint density at radius 1 is 1.25 bits per heavy atom. The van der Waals surface area contributed by atoms with Crippen LogP contribution in [0.5, 0.6) is 5.75 Å². The number of ether oxygens (including phenoxy) is 1. The van der Waals surface area contributed by atoms with Crippen LogP contribution in [0.2, 0.25) is 0 Å². The zero-order chi connectivity index (χ0) is 23.9. The lowest BCUT2D eigenvalue weighted by Gasteiger charge is -2.34. The van der Waals surface area contributed by atoms with Crippen molar-refractivity contribution in [2.24, 2.45) is 0 Å². The number of unbranched alkanes of at least 4 members (excludes halogenated alkanes) is 1. The van der Waals surface area contributed by atoms with Gasteiger partial charge in [-0.1, -0.05) is 31.5 Å². The second-order valence-corrected chi connectivity index (χ2v) is 9.33. The van der Waals surface area contributed by atoms with Gasteiger partial charge in [-0.2, -0.15) is 12.6 Å². The van der Waals surface area contributed by atoms with E-state index in [-0.39, 0.29) is 23.5 Å². The molecule has 0 heterocycles. The van der Waals surface area contributed by atoms with Crippen LogP contribution in [0.15, 0.2) is 24.3 Å². The molecule has 3 N–H and O–H groups in total. The van der Waals surface area contributed by atoms with Crippen molar-refractivity contribution in [3.8, 4) is 5.75 Å². The van der Waals surface area contributed by atoms with Gasteiger partial charge in [0, 0.05) is 23.9 Å². The Morgan fingerprint density at radius 2 is 1.91 bits per heavy atom. The summed E-state index contributed by atoms with van der Waals surface area (Å²) >= 11 is 4.25. The molecule has 8 nitrogen and oxygen atoms in total. The standard InChI is InChI=1S/C23H35N3O5S/c1-5-6-13-24-20(28)19(16-9-7-8-10-18(16)27)26(15-11-12-15)21(29)17(14-32)25-22(30)31-23(2,3)4/h7-10,15,17,19,27,32H,5-6,11-14H2,1-4H3,(H,24,28)(H,25,30). The highest BCUT2D eigenvalue weighted by atomic mass is 32.1. The number of hydrogen-bond donors (Lipinski definition) is 4. The summed E-state index contributed by atoms with van der Waals surface area (Å²) in [4.78, 5) is 40.6. The second kappa shape index (κ2) is 11.4. The Kier molecular flexibility index (Phi) is 9.24. The van der Waals surface area contributed by atoms with E-state index in [1.54, 1.807) is 39.0 Å². The van der Waals surface area contributed by atoms with Crippen molar-refractivity contribution in [2.75, 3.05) is 12.3 Å². The van der Waals surface area contributed by atoms with Crippen LogP contribution in [0.1, 0.15) is 65.0 Å². The van der Waals surface area contributed by atoms with Crippen molar-refractivity contribution in [3.05, 3.63) is 29.8 Å². The fourth-order valence-electron chi connectivity index (χ4n) is 3.31. The van der Waals surface area contributed by atoms with Gasteiger partial charge in [0.25, 0.3) is 0 Å². The molecule has 0 aromatic heterocycles. The van der Waals surface area contributed by atoms with Crippen LogP contribution in [0.4, 0.5) is 4.79 Å². The molecule has 9 heteroatoms. The Morgan fingerprint density at radius 3 is 2.44 bits per heavy atom. The molecule has 2 unspecified atom stereocenters. The lowest BCUT2D eigenvalue weighted by atomic mass is 10.0. The van der Waals surface area contributed by atoms with Gasteiger partial charge in [0.15, 0.2) is 0 Å². The van der Waals surface area contributed by atoms with Crippen LogP contribution in [0.25, 0.3) is 0 Å². The molecule has 1 aromatic carbocycles. The minimum absolute atomic E-state index is 0.0340. The molecule has 0 saturated heterocycles. The van der Waals surface area contributed by atoms with Gasteiger partial charge in [0.05, 0.1) is 0 Å². The molecular weight excluding hydrogens is 430 g/mol. The largest absolute Gasteiger partial charge is 0.508 e. The van der Waals surface area contributed by atoms with E-state index < -0.39 is 29.7 Å². The van der Waals surface area contributed by atoms with Crippen molar-refractivity contribution in [2.45, 2.75) is 77.1 Å². The maximum absolute atomic E-state index is 13.6. The first-order valence-electron chi connectivity index (χ1n) is 11.1. The first-order valence-corrected chi connectivity index (χ1v) is 11.7. The van der Waals surface area contributed by atoms with E-state index in [4.69, 9.17) is 4.74 Å². The van der Waals surface area contributed by atoms with Gasteiger partial charge in [-0.3, -0.25) is 9.59 Å². The number of phenolic OH excluding ortho intramolecular Hbond substituents is 1. The van der Waals surface area contributed by atoms with Crippen molar-refractivity contribution < 1.29 is 24.2 Å². The number of alkyl carbamates (subject to hydrolysis) is 1. The van der Waals surface area contributed by atoms with Gasteiger partial charge < -0.3 is 25.4 Å². The molecule has 1 aliphatic carbocycles. The normalized spacial score (nSPS) is 15.4. The van der Waals surface area contributed by atoms with Crippen molar-refractivity contribution >= 4 is 30.5 Å². The number of benzene rings is 1. The number of amides is 3. The van der Waals surface area contributed by atoms with Crippen LogP contribution in [0, 0.1) is 0 Å². The summed E-state index contributed by atoms with van der Waals surface area (Å²) in [6.45, 7) is 7.69. The SMILES string of the molecule is CCCCNC(=O)C(c1ccccc1O)N(C(=O)C(CS)NC(=O)OC(C)(C)C)C1CC1. The van der Waals surface area contributed by atoms with Crippen LogP contribution in [-0.4, -0.2) is 57.9 Å². The van der Waals surface area contributed by atoms with E-state index in [1.165, 1.54) is 11.0 Å². The predicted octanol–water partition coefficient (Wildman–Crippen LogP) is 3.16. The fourth-order valence-corrected chi connectivity index (χ4v) is 3.55. The van der Waals surface area contributed by atoms with E-state index in [2.05, 4.69) is 23.3 Å². The maximum Gasteiger partial charge on any atom is 0.408 e. The summed E-state index contributed by atoms with van der Waals surface area (Å²) in [6, 6.07) is 4.35. The first kappa shape index (κ1) is 25.8. The third-order valence-corrected chi connectivity index (χ3v) is 5.32. The molecule has 0 radical (unpaired) electrons. The molecular formula is C23H35N3O5S. The summed E-state index contributed by atoms with van der Waals surface area (Å²) in [6.07, 6.45) is 2.46. The average molecular weight is 466 g/mol. The second-order valence-electron chi connectivity index (χ2n) is 8.96. The molecule has 1 fully saturated rings. The van der Waals surface area contributed by atoms with E-state index in [1.807, 2.05) is 6.92 Å². The highest BCUT2D eigenvalue weighted by Gasteiger charge is 2.44. The number of nitrogens with one attached hydrogen (secondary N) is 2. The van der Waals surface area contributed by atoms with Gasteiger partial charge in [-0.05, 0) is 46.1 Å². The smallest absolute Gasteiger partial charge is 0.408 e. The predicted molar refractivity (Wildman–Crippen MR) is 126 cm³/mol. The molecule has 2 rings (SSSR count). The third kappa shape index (κ3) is 7.32. The zero-order valence-corrected chi connectivity index (χ0v) is 20.2. The van der Waals surface area contributed by atoms with Crippen molar-refractivity contribution in [1.82, 2.24) is 15.5 Å². The number of phenols is 1. The number of aromatic hydroxyl groups is 1. The van der Waals surface area contributed by atoms with Crippen LogP contribution in [-0.2, 0) is 14.3 Å². The number of carbonyl (C=O) groups excluding carboxylic acids is 3. The number of hydrogen-bond acceptors (Lipinski definition) is 6. The summed E-state index contributed by atoms with van der Waals surface area (Å²) in [5.74, 6) is -0.835. The van der Waals surface area contributed by atoms with Gasteiger partial charge in [0.1, 0.15) is 23.4 Å².